The lowest BCUT2D eigenvalue weighted by atomic mass is 9.73. The molecule has 0 aromatic heterocycles. The monoisotopic (exact) mass is 324 g/mol. The highest BCUT2D eigenvalue weighted by atomic mass is 16.5. The summed E-state index contributed by atoms with van der Waals surface area (Å²) in [6, 6.07) is 13.6. The number of ether oxygens (including phenoxy) is 2. The Hall–Kier alpha value is -2.53. The van der Waals surface area contributed by atoms with Crippen molar-refractivity contribution in [3.05, 3.63) is 53.6 Å². The number of anilines is 1. The van der Waals surface area contributed by atoms with Gasteiger partial charge in [-0.1, -0.05) is 18.2 Å². The maximum atomic E-state index is 12.9. The van der Waals surface area contributed by atoms with E-state index >= 15 is 0 Å². The molecule has 1 fully saturated rings. The molecule has 0 saturated carbocycles. The molecule has 1 amide bonds. The van der Waals surface area contributed by atoms with Crippen LogP contribution in [0.3, 0.4) is 0 Å². The number of rotatable bonds is 3. The van der Waals surface area contributed by atoms with Crippen molar-refractivity contribution in [2.75, 3.05) is 26.1 Å². The standard InChI is InChI=1S/C19H20N2O3/c1-23-13-9-12(10-14(11-13)24-2)17-19(7-8-20-17)15-5-3-4-6-16(15)21-18(19)22/h3-6,9-11,17,20H,7-8H2,1-2H3,(H,21,22)/t17-,19-/m0/s1. The first-order valence-electron chi connectivity index (χ1n) is 8.06. The van der Waals surface area contributed by atoms with Crippen LogP contribution in [0.15, 0.2) is 42.5 Å². The maximum absolute atomic E-state index is 12.9. The molecule has 0 bridgehead atoms. The lowest BCUT2D eigenvalue weighted by Crippen LogP contribution is -2.39. The van der Waals surface area contributed by atoms with Crippen LogP contribution in [0.5, 0.6) is 11.5 Å². The minimum Gasteiger partial charge on any atom is -0.497 e. The first-order valence-corrected chi connectivity index (χ1v) is 8.06. The Kier molecular flexibility index (Phi) is 3.46. The molecule has 4 rings (SSSR count). The number of benzene rings is 2. The number of fused-ring (bicyclic) bond motifs is 2. The predicted octanol–water partition coefficient (Wildman–Crippen LogP) is 2.63. The average molecular weight is 324 g/mol. The number of methoxy groups -OCH3 is 2. The fourth-order valence-electron chi connectivity index (χ4n) is 4.00. The molecule has 124 valence electrons. The van der Waals surface area contributed by atoms with Gasteiger partial charge >= 0.3 is 0 Å². The van der Waals surface area contributed by atoms with Crippen molar-refractivity contribution < 1.29 is 14.3 Å². The van der Waals surface area contributed by atoms with E-state index in [1.165, 1.54) is 0 Å². The molecule has 0 radical (unpaired) electrons. The predicted molar refractivity (Wildman–Crippen MR) is 91.7 cm³/mol. The highest BCUT2D eigenvalue weighted by Crippen LogP contribution is 2.51. The third-order valence-corrected chi connectivity index (χ3v) is 5.13. The van der Waals surface area contributed by atoms with Crippen LogP contribution in [-0.4, -0.2) is 26.7 Å². The van der Waals surface area contributed by atoms with Crippen LogP contribution in [0.1, 0.15) is 23.6 Å². The van der Waals surface area contributed by atoms with Gasteiger partial charge in [0.15, 0.2) is 0 Å². The normalized spacial score (nSPS) is 24.8. The summed E-state index contributed by atoms with van der Waals surface area (Å²) >= 11 is 0. The van der Waals surface area contributed by atoms with Crippen LogP contribution in [0, 0.1) is 0 Å². The topological polar surface area (TPSA) is 59.6 Å². The minimum atomic E-state index is -0.589. The molecule has 2 aromatic carbocycles. The van der Waals surface area contributed by atoms with Crippen LogP contribution < -0.4 is 20.1 Å². The first-order chi connectivity index (χ1) is 11.7. The van der Waals surface area contributed by atoms with Gasteiger partial charge in [0.25, 0.3) is 0 Å². The Morgan fingerprint density at radius 2 is 1.79 bits per heavy atom. The second-order valence-corrected chi connectivity index (χ2v) is 6.25. The van der Waals surface area contributed by atoms with Gasteiger partial charge in [-0.25, -0.2) is 0 Å². The Balaban J connectivity index is 1.86. The average Bonchev–Trinajstić information content (AvgIpc) is 3.18. The fourth-order valence-corrected chi connectivity index (χ4v) is 4.00. The maximum Gasteiger partial charge on any atom is 0.237 e. The number of hydrogen-bond donors (Lipinski definition) is 2. The molecule has 0 aliphatic carbocycles. The highest BCUT2D eigenvalue weighted by molar-refractivity contribution is 6.07. The summed E-state index contributed by atoms with van der Waals surface area (Å²) in [5.74, 6) is 1.50. The third-order valence-electron chi connectivity index (χ3n) is 5.13. The summed E-state index contributed by atoms with van der Waals surface area (Å²) in [5.41, 5.74) is 2.38. The van der Waals surface area contributed by atoms with E-state index in [1.54, 1.807) is 14.2 Å². The summed E-state index contributed by atoms with van der Waals surface area (Å²) in [7, 11) is 3.27. The summed E-state index contributed by atoms with van der Waals surface area (Å²) < 4.78 is 10.8. The highest BCUT2D eigenvalue weighted by Gasteiger charge is 2.55. The van der Waals surface area contributed by atoms with Crippen LogP contribution in [0.25, 0.3) is 0 Å². The number of amides is 1. The van der Waals surface area contributed by atoms with Gasteiger partial charge < -0.3 is 20.1 Å². The van der Waals surface area contributed by atoms with Crippen LogP contribution in [-0.2, 0) is 10.2 Å². The van der Waals surface area contributed by atoms with Gasteiger partial charge in [-0.2, -0.15) is 0 Å². The van der Waals surface area contributed by atoms with Gasteiger partial charge in [0.2, 0.25) is 5.91 Å². The van der Waals surface area contributed by atoms with Crippen molar-refractivity contribution >= 4 is 11.6 Å². The largest absolute Gasteiger partial charge is 0.497 e. The second kappa shape index (κ2) is 5.53. The summed E-state index contributed by atoms with van der Waals surface area (Å²) in [6.45, 7) is 0.784. The second-order valence-electron chi connectivity index (χ2n) is 6.25. The molecular weight excluding hydrogens is 304 g/mol. The molecule has 1 spiro atoms. The SMILES string of the molecule is COc1cc(OC)cc([C@@H]2NCC[C@@]23C(=O)Nc2ccccc23)c1. The summed E-state index contributed by atoms with van der Waals surface area (Å²) in [4.78, 5) is 12.9. The van der Waals surface area contributed by atoms with E-state index in [0.717, 1.165) is 41.3 Å². The Labute approximate surface area is 141 Å². The Morgan fingerprint density at radius 1 is 1.08 bits per heavy atom. The molecule has 2 aromatic rings. The van der Waals surface area contributed by atoms with Gasteiger partial charge in [-0.15, -0.1) is 0 Å². The van der Waals surface area contributed by atoms with Crippen molar-refractivity contribution in [2.45, 2.75) is 17.9 Å². The number of carbonyl (C=O) groups is 1. The Morgan fingerprint density at radius 3 is 2.50 bits per heavy atom. The van der Waals surface area contributed by atoms with E-state index in [4.69, 9.17) is 9.47 Å². The van der Waals surface area contributed by atoms with Crippen molar-refractivity contribution in [1.29, 1.82) is 0 Å². The molecule has 5 nitrogen and oxygen atoms in total. The van der Waals surface area contributed by atoms with E-state index in [9.17, 15) is 4.79 Å². The molecule has 2 heterocycles. The van der Waals surface area contributed by atoms with Crippen molar-refractivity contribution in [2.24, 2.45) is 0 Å². The number of hydrogen-bond acceptors (Lipinski definition) is 4. The molecule has 2 N–H and O–H groups in total. The van der Waals surface area contributed by atoms with Gasteiger partial charge in [-0.05, 0) is 42.3 Å². The van der Waals surface area contributed by atoms with E-state index in [1.807, 2.05) is 42.5 Å². The molecule has 2 aliphatic heterocycles. The fraction of sp³-hybridized carbons (Fsp3) is 0.316. The van der Waals surface area contributed by atoms with Gasteiger partial charge in [0.05, 0.1) is 25.7 Å². The lowest BCUT2D eigenvalue weighted by molar-refractivity contribution is -0.121. The van der Waals surface area contributed by atoms with E-state index in [2.05, 4.69) is 10.6 Å². The van der Waals surface area contributed by atoms with Gasteiger partial charge in [0, 0.05) is 11.8 Å². The zero-order valence-corrected chi connectivity index (χ0v) is 13.8. The van der Waals surface area contributed by atoms with Crippen LogP contribution >= 0.6 is 0 Å². The number of nitrogens with one attached hydrogen (secondary N) is 2. The molecule has 2 aliphatic rings. The van der Waals surface area contributed by atoms with Crippen molar-refractivity contribution in [3.8, 4) is 11.5 Å². The lowest BCUT2D eigenvalue weighted by Gasteiger charge is -2.30. The zero-order valence-electron chi connectivity index (χ0n) is 13.8. The zero-order chi connectivity index (χ0) is 16.7. The van der Waals surface area contributed by atoms with E-state index < -0.39 is 5.41 Å². The van der Waals surface area contributed by atoms with Crippen LogP contribution in [0.2, 0.25) is 0 Å². The molecule has 24 heavy (non-hydrogen) atoms. The smallest absolute Gasteiger partial charge is 0.237 e. The molecular formula is C19H20N2O3. The molecule has 0 unspecified atom stereocenters. The summed E-state index contributed by atoms with van der Waals surface area (Å²) in [6.07, 6.45) is 0.764. The summed E-state index contributed by atoms with van der Waals surface area (Å²) in [5, 5.41) is 6.55. The first kappa shape index (κ1) is 15.0. The number of para-hydroxylation sites is 1. The van der Waals surface area contributed by atoms with E-state index in [-0.39, 0.29) is 11.9 Å². The van der Waals surface area contributed by atoms with Gasteiger partial charge in [0.1, 0.15) is 11.5 Å². The minimum absolute atomic E-state index is 0.0560. The van der Waals surface area contributed by atoms with Crippen LogP contribution in [0.4, 0.5) is 5.69 Å². The van der Waals surface area contributed by atoms with E-state index in [0.29, 0.717) is 0 Å². The van der Waals surface area contributed by atoms with Crippen molar-refractivity contribution in [3.63, 3.8) is 0 Å². The molecule has 2 atom stereocenters. The Bertz CT molecular complexity index is 783. The van der Waals surface area contributed by atoms with Gasteiger partial charge in [-0.3, -0.25) is 4.79 Å². The quantitative estimate of drug-likeness (QED) is 0.911. The van der Waals surface area contributed by atoms with Crippen molar-refractivity contribution in [1.82, 2.24) is 5.32 Å². The molecule has 1 saturated heterocycles. The third kappa shape index (κ3) is 2.01. The number of carbonyl (C=O) groups excluding carboxylic acids is 1. The molecule has 5 heteroatoms.